The molecule has 0 spiro atoms. The quantitative estimate of drug-likeness (QED) is 0.453. The smallest absolute Gasteiger partial charge is 0.206 e. The first-order valence-corrected chi connectivity index (χ1v) is 12.0. The van der Waals surface area contributed by atoms with Gasteiger partial charge in [0.25, 0.3) is 0 Å². The maximum absolute atomic E-state index is 14.2. The van der Waals surface area contributed by atoms with E-state index in [2.05, 4.69) is 0 Å². The number of aliphatic hydroxyl groups excluding tert-OH is 1. The molecule has 0 radical (unpaired) electrons. The number of carbonyl (C=O) groups is 3. The summed E-state index contributed by atoms with van der Waals surface area (Å²) in [6.07, 6.45) is 1.17. The van der Waals surface area contributed by atoms with Crippen molar-refractivity contribution in [3.8, 4) is 5.75 Å². The zero-order valence-electron chi connectivity index (χ0n) is 21.0. The van der Waals surface area contributed by atoms with E-state index in [9.17, 15) is 29.7 Å². The Kier molecular flexibility index (Phi) is 5.30. The molecule has 4 atom stereocenters. The molecule has 1 fully saturated rings. The van der Waals surface area contributed by atoms with Crippen LogP contribution in [0, 0.1) is 22.7 Å². The van der Waals surface area contributed by atoms with Crippen molar-refractivity contribution < 1.29 is 29.7 Å². The maximum atomic E-state index is 14.2. The third-order valence-electron chi connectivity index (χ3n) is 8.65. The largest absolute Gasteiger partial charge is 0.507 e. The van der Waals surface area contributed by atoms with Crippen molar-refractivity contribution in [2.75, 3.05) is 0 Å². The van der Waals surface area contributed by atoms with E-state index in [0.29, 0.717) is 24.0 Å². The molecule has 6 nitrogen and oxygen atoms in total. The molecule has 0 aromatic heterocycles. The molecule has 34 heavy (non-hydrogen) atoms. The van der Waals surface area contributed by atoms with Gasteiger partial charge in [0, 0.05) is 16.4 Å². The predicted octanol–water partition coefficient (Wildman–Crippen LogP) is 4.26. The van der Waals surface area contributed by atoms with Gasteiger partial charge in [-0.1, -0.05) is 52.3 Å². The molecular formula is C28H34O6. The number of aliphatic hydroxyl groups is 2. The number of aromatic hydroxyl groups is 1. The van der Waals surface area contributed by atoms with Crippen LogP contribution < -0.4 is 0 Å². The van der Waals surface area contributed by atoms with Crippen molar-refractivity contribution in [2.45, 2.75) is 73.3 Å². The Balaban J connectivity index is 2.06. The van der Waals surface area contributed by atoms with Gasteiger partial charge in [-0.05, 0) is 56.1 Å². The van der Waals surface area contributed by atoms with Crippen molar-refractivity contribution >= 4 is 23.1 Å². The maximum Gasteiger partial charge on any atom is 0.206 e. The van der Waals surface area contributed by atoms with Crippen LogP contribution >= 0.6 is 0 Å². The standard InChI is InChI=1S/C28H34O6/c1-8-16-9-10-17-11-26(6)12-27(7)20(13(2)3)14(4)18(15(5)29)24(32)28(27,34)25(33)21(26)23(31)19(17)22(16)30/h9-10,13,20,30-31,34H,8,11-12H2,1-7H3/t20-,26+,27+,28-/m1/s1. The summed E-state index contributed by atoms with van der Waals surface area (Å²) in [5, 5.41) is 34.2. The van der Waals surface area contributed by atoms with Gasteiger partial charge in [0.2, 0.25) is 11.6 Å². The average Bonchev–Trinajstić information content (AvgIpc) is 2.70. The van der Waals surface area contributed by atoms with Gasteiger partial charge in [0.05, 0.1) is 11.1 Å². The number of carbonyl (C=O) groups excluding carboxylic acids is 3. The van der Waals surface area contributed by atoms with E-state index in [-0.39, 0.29) is 40.6 Å². The van der Waals surface area contributed by atoms with Crippen molar-refractivity contribution in [1.29, 1.82) is 0 Å². The molecule has 0 saturated heterocycles. The highest BCUT2D eigenvalue weighted by Crippen LogP contribution is 2.64. The van der Waals surface area contributed by atoms with Crippen LogP contribution in [0.5, 0.6) is 5.75 Å². The molecule has 0 amide bonds. The molecule has 3 N–H and O–H groups in total. The first-order chi connectivity index (χ1) is 15.7. The number of allylic oxidation sites excluding steroid dienone is 1. The Hall–Kier alpha value is -2.73. The Morgan fingerprint density at radius 3 is 2.29 bits per heavy atom. The highest BCUT2D eigenvalue weighted by molar-refractivity contribution is 6.33. The molecule has 3 aliphatic carbocycles. The molecule has 1 saturated carbocycles. The van der Waals surface area contributed by atoms with E-state index >= 15 is 0 Å². The minimum Gasteiger partial charge on any atom is -0.507 e. The fourth-order valence-electron chi connectivity index (χ4n) is 7.57. The SMILES string of the molecule is CCc1ccc2c(c1O)C(O)=C1C(=O)[C@]3(O)C(=O)C(C(C)=O)=C(C)[C@@H](C(C)C)[C@]3(C)C[C@]1(C)C2. The molecule has 0 unspecified atom stereocenters. The minimum absolute atomic E-state index is 0.0400. The summed E-state index contributed by atoms with van der Waals surface area (Å²) in [6, 6.07) is 3.69. The predicted molar refractivity (Wildman–Crippen MR) is 128 cm³/mol. The van der Waals surface area contributed by atoms with Gasteiger partial charge in [0.15, 0.2) is 11.4 Å². The van der Waals surface area contributed by atoms with Crippen LogP contribution in [-0.2, 0) is 27.2 Å². The van der Waals surface area contributed by atoms with Gasteiger partial charge in [0.1, 0.15) is 11.5 Å². The first-order valence-electron chi connectivity index (χ1n) is 12.0. The number of ketones is 3. The molecule has 6 heteroatoms. The Bertz CT molecular complexity index is 1220. The summed E-state index contributed by atoms with van der Waals surface area (Å²) < 4.78 is 0. The van der Waals surface area contributed by atoms with Gasteiger partial charge in [-0.3, -0.25) is 14.4 Å². The summed E-state index contributed by atoms with van der Waals surface area (Å²) in [6.45, 7) is 12.5. The monoisotopic (exact) mass is 466 g/mol. The summed E-state index contributed by atoms with van der Waals surface area (Å²) in [5.74, 6) is -3.16. The van der Waals surface area contributed by atoms with Crippen LogP contribution in [0.25, 0.3) is 5.76 Å². The number of Topliss-reactive ketones (excluding diaryl/α,β-unsaturated/α-hetero) is 3. The molecule has 1 aromatic rings. The second kappa shape index (κ2) is 7.38. The number of fused-ring (bicyclic) bond motifs is 3. The Morgan fingerprint density at radius 2 is 1.76 bits per heavy atom. The molecule has 4 rings (SSSR count). The van der Waals surface area contributed by atoms with Crippen LogP contribution in [0.4, 0.5) is 0 Å². The lowest BCUT2D eigenvalue weighted by atomic mass is 9.42. The molecule has 0 aliphatic heterocycles. The van der Waals surface area contributed by atoms with Gasteiger partial charge in [-0.15, -0.1) is 0 Å². The lowest BCUT2D eigenvalue weighted by Gasteiger charge is -2.60. The summed E-state index contributed by atoms with van der Waals surface area (Å²) in [7, 11) is 0. The third-order valence-corrected chi connectivity index (χ3v) is 8.65. The summed E-state index contributed by atoms with van der Waals surface area (Å²) in [4.78, 5) is 40.4. The van der Waals surface area contributed by atoms with Crippen LogP contribution in [-0.4, -0.2) is 38.3 Å². The fraction of sp³-hybridized carbons (Fsp3) is 0.536. The normalized spacial score (nSPS) is 33.1. The van der Waals surface area contributed by atoms with Crippen LogP contribution in [0.15, 0.2) is 28.9 Å². The summed E-state index contributed by atoms with van der Waals surface area (Å²) >= 11 is 0. The number of hydrogen-bond acceptors (Lipinski definition) is 6. The number of benzene rings is 1. The Labute approximate surface area is 200 Å². The lowest BCUT2D eigenvalue weighted by Crippen LogP contribution is -2.70. The lowest BCUT2D eigenvalue weighted by molar-refractivity contribution is -0.180. The van der Waals surface area contributed by atoms with Gasteiger partial charge in [-0.2, -0.15) is 0 Å². The minimum atomic E-state index is -2.49. The van der Waals surface area contributed by atoms with Gasteiger partial charge >= 0.3 is 0 Å². The zero-order chi connectivity index (χ0) is 25.5. The number of phenols is 1. The number of hydrogen-bond donors (Lipinski definition) is 3. The Morgan fingerprint density at radius 1 is 1.15 bits per heavy atom. The molecule has 182 valence electrons. The van der Waals surface area contributed by atoms with E-state index in [1.807, 2.05) is 39.8 Å². The molecule has 3 aliphatic rings. The number of rotatable bonds is 3. The van der Waals surface area contributed by atoms with Crippen molar-refractivity contribution in [3.05, 3.63) is 45.5 Å². The van der Waals surface area contributed by atoms with Crippen molar-refractivity contribution in [2.24, 2.45) is 22.7 Å². The van der Waals surface area contributed by atoms with Gasteiger partial charge < -0.3 is 15.3 Å². The topological polar surface area (TPSA) is 112 Å². The molecule has 0 heterocycles. The van der Waals surface area contributed by atoms with Crippen molar-refractivity contribution in [3.63, 3.8) is 0 Å². The first kappa shape index (κ1) is 24.4. The molecular weight excluding hydrogens is 432 g/mol. The van der Waals surface area contributed by atoms with E-state index in [0.717, 1.165) is 5.56 Å². The van der Waals surface area contributed by atoms with E-state index < -0.39 is 39.7 Å². The number of phenolic OH excluding ortho intramolecular Hbond substituents is 1. The average molecular weight is 467 g/mol. The second-order valence-corrected chi connectivity index (χ2v) is 11.2. The van der Waals surface area contributed by atoms with Crippen LogP contribution in [0.2, 0.25) is 0 Å². The van der Waals surface area contributed by atoms with Crippen LogP contribution in [0.1, 0.15) is 71.6 Å². The number of aryl methyl sites for hydroxylation is 1. The zero-order valence-corrected chi connectivity index (χ0v) is 21.0. The van der Waals surface area contributed by atoms with E-state index in [1.165, 1.54) is 6.92 Å². The third kappa shape index (κ3) is 2.75. The van der Waals surface area contributed by atoms with E-state index in [4.69, 9.17) is 0 Å². The van der Waals surface area contributed by atoms with E-state index in [1.54, 1.807) is 13.8 Å². The second-order valence-electron chi connectivity index (χ2n) is 11.2. The van der Waals surface area contributed by atoms with Crippen molar-refractivity contribution in [1.82, 2.24) is 0 Å². The highest BCUT2D eigenvalue weighted by atomic mass is 16.3. The summed E-state index contributed by atoms with van der Waals surface area (Å²) in [5.41, 5.74) is -2.54. The molecule has 1 aromatic carbocycles. The van der Waals surface area contributed by atoms with Gasteiger partial charge in [-0.25, -0.2) is 0 Å². The van der Waals surface area contributed by atoms with Crippen LogP contribution in [0.3, 0.4) is 0 Å². The highest BCUT2D eigenvalue weighted by Gasteiger charge is 2.71. The fourth-order valence-corrected chi connectivity index (χ4v) is 7.57. The molecule has 0 bridgehead atoms.